The lowest BCUT2D eigenvalue weighted by Crippen LogP contribution is -2.39. The van der Waals surface area contributed by atoms with E-state index in [9.17, 15) is 26.4 Å². The van der Waals surface area contributed by atoms with E-state index >= 15 is 0 Å². The first kappa shape index (κ1) is 28.3. The molecule has 3 aromatic rings. The number of carbonyl (C=O) groups is 1. The van der Waals surface area contributed by atoms with Gasteiger partial charge in [0, 0.05) is 5.56 Å². The molecule has 38 heavy (non-hydrogen) atoms. The third-order valence-electron chi connectivity index (χ3n) is 5.17. The first-order chi connectivity index (χ1) is 18.0. The smallest absolute Gasteiger partial charge is 0.416 e. The Labute approximate surface area is 217 Å². The summed E-state index contributed by atoms with van der Waals surface area (Å²) in [7, 11) is -0.117. The Hall–Kier alpha value is -4.26. The number of hydrazone groups is 1. The van der Waals surface area contributed by atoms with Crippen LogP contribution in [0.2, 0.25) is 0 Å². The monoisotopic (exact) mass is 551 g/mol. The number of methoxy groups -OCH3 is 3. The minimum atomic E-state index is -4.72. The fourth-order valence-electron chi connectivity index (χ4n) is 3.39. The lowest BCUT2D eigenvalue weighted by molar-refractivity contribution is -0.137. The first-order valence-electron chi connectivity index (χ1n) is 10.9. The molecule has 9 nitrogen and oxygen atoms in total. The molecule has 0 spiro atoms. The Morgan fingerprint density at radius 2 is 1.58 bits per heavy atom. The Balaban J connectivity index is 1.89. The third-order valence-corrected chi connectivity index (χ3v) is 6.96. The molecular weight excluding hydrogens is 527 g/mol. The van der Waals surface area contributed by atoms with E-state index in [1.807, 2.05) is 0 Å². The molecule has 0 fully saturated rings. The molecule has 0 atom stereocenters. The van der Waals surface area contributed by atoms with Gasteiger partial charge in [-0.25, -0.2) is 13.8 Å². The van der Waals surface area contributed by atoms with Crippen molar-refractivity contribution in [1.29, 1.82) is 0 Å². The van der Waals surface area contributed by atoms with Gasteiger partial charge in [-0.05, 0) is 42.5 Å². The summed E-state index contributed by atoms with van der Waals surface area (Å²) in [5.41, 5.74) is 1.24. The van der Waals surface area contributed by atoms with E-state index < -0.39 is 34.2 Å². The molecule has 1 N–H and O–H groups in total. The van der Waals surface area contributed by atoms with Crippen LogP contribution in [0.1, 0.15) is 11.1 Å². The highest BCUT2D eigenvalue weighted by Crippen LogP contribution is 2.38. The van der Waals surface area contributed by atoms with Gasteiger partial charge < -0.3 is 14.2 Å². The van der Waals surface area contributed by atoms with Gasteiger partial charge in [0.1, 0.15) is 6.54 Å². The van der Waals surface area contributed by atoms with Gasteiger partial charge in [0.15, 0.2) is 11.5 Å². The number of sulfonamides is 1. The lowest BCUT2D eigenvalue weighted by atomic mass is 10.2. The largest absolute Gasteiger partial charge is 0.493 e. The zero-order valence-electron chi connectivity index (χ0n) is 20.5. The number of alkyl halides is 3. The molecule has 0 aliphatic heterocycles. The molecule has 1 amide bonds. The van der Waals surface area contributed by atoms with Crippen molar-refractivity contribution < 1.29 is 40.6 Å². The highest BCUT2D eigenvalue weighted by Gasteiger charge is 2.33. The number of anilines is 1. The number of benzene rings is 3. The number of amides is 1. The van der Waals surface area contributed by atoms with Gasteiger partial charge in [0.2, 0.25) is 5.75 Å². The molecule has 3 rings (SSSR count). The average Bonchev–Trinajstić information content (AvgIpc) is 2.91. The number of carbonyl (C=O) groups excluding carboxylic acids is 1. The fourth-order valence-corrected chi connectivity index (χ4v) is 4.83. The van der Waals surface area contributed by atoms with Gasteiger partial charge in [-0.3, -0.25) is 9.10 Å². The van der Waals surface area contributed by atoms with Crippen LogP contribution in [0.5, 0.6) is 17.2 Å². The summed E-state index contributed by atoms with van der Waals surface area (Å²) in [6.07, 6.45) is -3.46. The van der Waals surface area contributed by atoms with Crippen LogP contribution in [-0.2, 0) is 21.0 Å². The van der Waals surface area contributed by atoms with Crippen molar-refractivity contribution in [3.05, 3.63) is 77.9 Å². The van der Waals surface area contributed by atoms with Crippen LogP contribution in [0, 0.1) is 0 Å². The number of rotatable bonds is 10. The van der Waals surface area contributed by atoms with Crippen LogP contribution in [0.4, 0.5) is 18.9 Å². The van der Waals surface area contributed by atoms with Crippen LogP contribution in [0.25, 0.3) is 0 Å². The van der Waals surface area contributed by atoms with Gasteiger partial charge in [-0.15, -0.1) is 0 Å². The lowest BCUT2D eigenvalue weighted by Gasteiger charge is -2.24. The average molecular weight is 552 g/mol. The van der Waals surface area contributed by atoms with Gasteiger partial charge >= 0.3 is 6.18 Å². The molecule has 13 heteroatoms. The van der Waals surface area contributed by atoms with Gasteiger partial charge in [0.05, 0.1) is 43.7 Å². The summed E-state index contributed by atoms with van der Waals surface area (Å²) in [4.78, 5) is 12.5. The molecule has 0 aliphatic rings. The summed E-state index contributed by atoms with van der Waals surface area (Å²) < 4.78 is 82.9. The Kier molecular flexibility index (Phi) is 8.84. The normalized spacial score (nSPS) is 11.7. The summed E-state index contributed by atoms with van der Waals surface area (Å²) in [6, 6.07) is 13.9. The second-order valence-electron chi connectivity index (χ2n) is 7.62. The van der Waals surface area contributed by atoms with Crippen molar-refractivity contribution in [3.8, 4) is 17.2 Å². The number of nitrogens with zero attached hydrogens (tertiary/aromatic N) is 2. The van der Waals surface area contributed by atoms with E-state index in [-0.39, 0.29) is 10.6 Å². The second kappa shape index (κ2) is 11.9. The molecule has 0 saturated heterocycles. The van der Waals surface area contributed by atoms with Crippen LogP contribution >= 0.6 is 0 Å². The van der Waals surface area contributed by atoms with Crippen molar-refractivity contribution in [2.45, 2.75) is 11.1 Å². The van der Waals surface area contributed by atoms with E-state index in [2.05, 4.69) is 10.5 Å². The van der Waals surface area contributed by atoms with Crippen LogP contribution in [0.3, 0.4) is 0 Å². The number of hydrogen-bond acceptors (Lipinski definition) is 7. The first-order valence-corrected chi connectivity index (χ1v) is 12.3. The Bertz CT molecular complexity index is 1390. The molecule has 3 aromatic carbocycles. The summed E-state index contributed by atoms with van der Waals surface area (Å²) >= 11 is 0. The maximum absolute atomic E-state index is 13.3. The summed E-state index contributed by atoms with van der Waals surface area (Å²) in [5.74, 6) is 0.123. The predicted molar refractivity (Wildman–Crippen MR) is 134 cm³/mol. The van der Waals surface area contributed by atoms with Crippen molar-refractivity contribution in [3.63, 3.8) is 0 Å². The Morgan fingerprint density at radius 1 is 0.947 bits per heavy atom. The van der Waals surface area contributed by atoms with E-state index in [0.717, 1.165) is 12.1 Å². The van der Waals surface area contributed by atoms with Gasteiger partial charge in [-0.2, -0.15) is 18.3 Å². The maximum atomic E-state index is 13.3. The quantitative estimate of drug-likeness (QED) is 0.301. The number of halogens is 3. The summed E-state index contributed by atoms with van der Waals surface area (Å²) in [6.45, 7) is -0.842. The van der Waals surface area contributed by atoms with Crippen molar-refractivity contribution >= 4 is 27.8 Å². The molecular formula is C25H24F3N3O6S. The van der Waals surface area contributed by atoms with Crippen LogP contribution in [-0.4, -0.2) is 48.4 Å². The van der Waals surface area contributed by atoms with Crippen molar-refractivity contribution in [2.75, 3.05) is 32.2 Å². The SMILES string of the molecule is COc1cc(/C=N/NC(=O)CN(c2cccc(C(F)(F)F)c2)S(=O)(=O)c2ccccc2)cc(OC)c1OC. The topological polar surface area (TPSA) is 107 Å². The standard InChI is InChI=1S/C25H24F3N3O6S/c1-35-21-12-17(13-22(36-2)24(21)37-3)15-29-30-23(32)16-31(38(33,34)20-10-5-4-6-11-20)19-9-7-8-18(14-19)25(26,27)28/h4-15H,16H2,1-3H3,(H,30,32)/b29-15+. The van der Waals surface area contributed by atoms with E-state index in [0.29, 0.717) is 33.2 Å². The molecule has 0 unspecified atom stereocenters. The number of ether oxygens (including phenoxy) is 3. The van der Waals surface area contributed by atoms with Crippen LogP contribution in [0.15, 0.2) is 76.7 Å². The molecule has 0 aromatic heterocycles. The zero-order chi connectivity index (χ0) is 27.9. The highest BCUT2D eigenvalue weighted by atomic mass is 32.2. The second-order valence-corrected chi connectivity index (χ2v) is 9.49. The molecule has 0 aliphatic carbocycles. The molecule has 0 radical (unpaired) electrons. The fraction of sp³-hybridized carbons (Fsp3) is 0.200. The summed E-state index contributed by atoms with van der Waals surface area (Å²) in [5, 5.41) is 3.83. The minimum Gasteiger partial charge on any atom is -0.493 e. The van der Waals surface area contributed by atoms with Crippen molar-refractivity contribution in [1.82, 2.24) is 5.43 Å². The number of nitrogens with one attached hydrogen (secondary N) is 1. The van der Waals surface area contributed by atoms with Gasteiger partial charge in [-0.1, -0.05) is 24.3 Å². The third kappa shape index (κ3) is 6.54. The molecule has 0 heterocycles. The minimum absolute atomic E-state index is 0.203. The maximum Gasteiger partial charge on any atom is 0.416 e. The molecule has 0 bridgehead atoms. The molecule has 202 valence electrons. The Morgan fingerprint density at radius 3 is 2.13 bits per heavy atom. The van der Waals surface area contributed by atoms with E-state index in [1.165, 1.54) is 57.9 Å². The van der Waals surface area contributed by atoms with Crippen molar-refractivity contribution in [2.24, 2.45) is 5.10 Å². The number of hydrogen-bond donors (Lipinski definition) is 1. The van der Waals surface area contributed by atoms with E-state index in [1.54, 1.807) is 18.2 Å². The predicted octanol–water partition coefficient (Wildman–Crippen LogP) is 4.08. The highest BCUT2D eigenvalue weighted by molar-refractivity contribution is 7.92. The van der Waals surface area contributed by atoms with Gasteiger partial charge in [0.25, 0.3) is 15.9 Å². The molecule has 0 saturated carbocycles. The van der Waals surface area contributed by atoms with Crippen LogP contribution < -0.4 is 23.9 Å². The zero-order valence-corrected chi connectivity index (χ0v) is 21.3. The van der Waals surface area contributed by atoms with E-state index in [4.69, 9.17) is 14.2 Å².